The summed E-state index contributed by atoms with van der Waals surface area (Å²) in [5, 5.41) is 0. The van der Waals surface area contributed by atoms with Crippen molar-refractivity contribution >= 4 is 5.91 Å². The second-order valence-corrected chi connectivity index (χ2v) is 4.46. The number of carbonyl (C=O) groups excluding carboxylic acids is 1. The molecular weight excluding hydrogens is 202 g/mol. The molecule has 88 valence electrons. The Morgan fingerprint density at radius 3 is 3.00 bits per heavy atom. The van der Waals surface area contributed by atoms with E-state index in [9.17, 15) is 4.79 Å². The van der Waals surface area contributed by atoms with Gasteiger partial charge in [-0.15, -0.1) is 0 Å². The lowest BCUT2D eigenvalue weighted by Crippen LogP contribution is -2.32. The molecule has 0 spiro atoms. The van der Waals surface area contributed by atoms with Gasteiger partial charge in [0.1, 0.15) is 12.4 Å². The predicted octanol–water partition coefficient (Wildman–Crippen LogP) is 1.46. The first-order chi connectivity index (χ1) is 7.72. The number of amides is 1. The molecule has 4 heteroatoms. The largest absolute Gasteiger partial charge is 0.341 e. The van der Waals surface area contributed by atoms with Crippen molar-refractivity contribution in [3.05, 3.63) is 18.2 Å². The second kappa shape index (κ2) is 4.68. The van der Waals surface area contributed by atoms with Crippen LogP contribution >= 0.6 is 0 Å². The topological polar surface area (TPSA) is 38.1 Å². The van der Waals surface area contributed by atoms with Crippen molar-refractivity contribution in [1.82, 2.24) is 14.5 Å². The lowest BCUT2D eigenvalue weighted by molar-refractivity contribution is -0.131. The molecule has 0 radical (unpaired) electrons. The van der Waals surface area contributed by atoms with Gasteiger partial charge in [-0.25, -0.2) is 4.98 Å². The lowest BCUT2D eigenvalue weighted by atomic mass is 10.3. The Hall–Kier alpha value is -1.32. The van der Waals surface area contributed by atoms with Crippen molar-refractivity contribution in [2.45, 2.75) is 45.2 Å². The van der Waals surface area contributed by atoms with Gasteiger partial charge in [0.2, 0.25) is 5.91 Å². The summed E-state index contributed by atoms with van der Waals surface area (Å²) in [4.78, 5) is 18.1. The summed E-state index contributed by atoms with van der Waals surface area (Å²) in [7, 11) is 1.90. The van der Waals surface area contributed by atoms with E-state index in [2.05, 4.69) is 11.9 Å². The van der Waals surface area contributed by atoms with Crippen LogP contribution in [0.4, 0.5) is 0 Å². The maximum atomic E-state index is 11.9. The van der Waals surface area contributed by atoms with Crippen molar-refractivity contribution in [3.8, 4) is 0 Å². The molecule has 0 atom stereocenters. The van der Waals surface area contributed by atoms with Crippen LogP contribution in [-0.4, -0.2) is 33.4 Å². The number of hydrogen-bond donors (Lipinski definition) is 0. The highest BCUT2D eigenvalue weighted by molar-refractivity contribution is 5.76. The van der Waals surface area contributed by atoms with Crippen LogP contribution in [-0.2, 0) is 17.8 Å². The number of aryl methyl sites for hydroxylation is 1. The van der Waals surface area contributed by atoms with Crippen molar-refractivity contribution in [3.63, 3.8) is 0 Å². The molecule has 1 fully saturated rings. The summed E-state index contributed by atoms with van der Waals surface area (Å²) in [6.45, 7) is 2.56. The second-order valence-electron chi connectivity index (χ2n) is 4.46. The molecule has 4 nitrogen and oxygen atoms in total. The van der Waals surface area contributed by atoms with E-state index in [-0.39, 0.29) is 5.91 Å². The first kappa shape index (κ1) is 11.2. The summed E-state index contributed by atoms with van der Waals surface area (Å²) >= 11 is 0. The standard InChI is InChI=1S/C12H19N3O/c1-3-4-11-13-7-8-15(11)9-12(16)14(2)10-5-6-10/h7-8,10H,3-6,9H2,1-2H3. The van der Waals surface area contributed by atoms with Crippen LogP contribution in [0, 0.1) is 0 Å². The Morgan fingerprint density at radius 2 is 2.38 bits per heavy atom. The molecule has 0 aromatic carbocycles. The van der Waals surface area contributed by atoms with Gasteiger partial charge < -0.3 is 9.47 Å². The van der Waals surface area contributed by atoms with E-state index in [0.29, 0.717) is 12.6 Å². The molecule has 0 N–H and O–H groups in total. The molecule has 1 amide bonds. The fourth-order valence-corrected chi connectivity index (χ4v) is 1.86. The Bertz CT molecular complexity index is 368. The first-order valence-electron chi connectivity index (χ1n) is 5.98. The van der Waals surface area contributed by atoms with E-state index in [4.69, 9.17) is 0 Å². The van der Waals surface area contributed by atoms with Crippen molar-refractivity contribution in [2.24, 2.45) is 0 Å². The van der Waals surface area contributed by atoms with Crippen LogP contribution < -0.4 is 0 Å². The smallest absolute Gasteiger partial charge is 0.242 e. The average Bonchev–Trinajstić information content (AvgIpc) is 3.03. The molecule has 1 aromatic rings. The lowest BCUT2D eigenvalue weighted by Gasteiger charge is -2.17. The van der Waals surface area contributed by atoms with Gasteiger partial charge in [-0.05, 0) is 19.3 Å². The maximum absolute atomic E-state index is 11.9. The van der Waals surface area contributed by atoms with Crippen LogP contribution in [0.25, 0.3) is 0 Å². The average molecular weight is 221 g/mol. The monoisotopic (exact) mass is 221 g/mol. The third-order valence-electron chi connectivity index (χ3n) is 3.07. The Balaban J connectivity index is 1.96. The van der Waals surface area contributed by atoms with Crippen LogP contribution in [0.3, 0.4) is 0 Å². The van der Waals surface area contributed by atoms with E-state index in [1.807, 2.05) is 22.7 Å². The fraction of sp³-hybridized carbons (Fsp3) is 0.667. The van der Waals surface area contributed by atoms with Crippen LogP contribution in [0.5, 0.6) is 0 Å². The predicted molar refractivity (Wildman–Crippen MR) is 62.0 cm³/mol. The molecule has 2 rings (SSSR count). The van der Waals surface area contributed by atoms with Gasteiger partial charge in [0.15, 0.2) is 0 Å². The zero-order chi connectivity index (χ0) is 11.5. The minimum absolute atomic E-state index is 0.192. The van der Waals surface area contributed by atoms with Crippen LogP contribution in [0.15, 0.2) is 12.4 Å². The maximum Gasteiger partial charge on any atom is 0.242 e. The van der Waals surface area contributed by atoms with Crippen molar-refractivity contribution in [2.75, 3.05) is 7.05 Å². The molecule has 0 aliphatic heterocycles. The third-order valence-corrected chi connectivity index (χ3v) is 3.07. The molecule has 0 bridgehead atoms. The van der Waals surface area contributed by atoms with Gasteiger partial charge in [0.25, 0.3) is 0 Å². The zero-order valence-electron chi connectivity index (χ0n) is 10.0. The van der Waals surface area contributed by atoms with Gasteiger partial charge in [-0.2, -0.15) is 0 Å². The molecule has 1 heterocycles. The van der Waals surface area contributed by atoms with Gasteiger partial charge >= 0.3 is 0 Å². The van der Waals surface area contributed by atoms with Gasteiger partial charge in [-0.1, -0.05) is 6.92 Å². The summed E-state index contributed by atoms with van der Waals surface area (Å²) in [6, 6.07) is 0.491. The van der Waals surface area contributed by atoms with E-state index in [1.54, 1.807) is 6.20 Å². The summed E-state index contributed by atoms with van der Waals surface area (Å²) < 4.78 is 1.96. The van der Waals surface area contributed by atoms with Gasteiger partial charge in [-0.3, -0.25) is 4.79 Å². The molecule has 1 aliphatic rings. The number of imidazole rings is 1. The van der Waals surface area contributed by atoms with E-state index < -0.39 is 0 Å². The molecule has 1 saturated carbocycles. The molecule has 0 saturated heterocycles. The molecule has 1 aliphatic carbocycles. The van der Waals surface area contributed by atoms with Crippen molar-refractivity contribution in [1.29, 1.82) is 0 Å². The minimum atomic E-state index is 0.192. The third kappa shape index (κ3) is 2.43. The van der Waals surface area contributed by atoms with Crippen LogP contribution in [0.2, 0.25) is 0 Å². The number of hydrogen-bond acceptors (Lipinski definition) is 2. The summed E-state index contributed by atoms with van der Waals surface area (Å²) in [6.07, 6.45) is 7.98. The highest BCUT2D eigenvalue weighted by atomic mass is 16.2. The highest BCUT2D eigenvalue weighted by Crippen LogP contribution is 2.25. The number of aromatic nitrogens is 2. The zero-order valence-corrected chi connectivity index (χ0v) is 10.0. The van der Waals surface area contributed by atoms with Crippen molar-refractivity contribution < 1.29 is 4.79 Å². The molecular formula is C12H19N3O. The molecule has 0 unspecified atom stereocenters. The van der Waals surface area contributed by atoms with Gasteiger partial charge in [0.05, 0.1) is 0 Å². The number of likely N-dealkylation sites (N-methyl/N-ethyl adjacent to an activating group) is 1. The Labute approximate surface area is 96.3 Å². The normalized spacial score (nSPS) is 15.1. The molecule has 1 aromatic heterocycles. The summed E-state index contributed by atoms with van der Waals surface area (Å²) in [5.41, 5.74) is 0. The van der Waals surface area contributed by atoms with E-state index in [1.165, 1.54) is 0 Å². The van der Waals surface area contributed by atoms with Gasteiger partial charge in [0, 0.05) is 31.9 Å². The summed E-state index contributed by atoms with van der Waals surface area (Å²) in [5.74, 6) is 1.21. The quantitative estimate of drug-likeness (QED) is 0.755. The van der Waals surface area contributed by atoms with E-state index in [0.717, 1.165) is 31.5 Å². The fourth-order valence-electron chi connectivity index (χ4n) is 1.86. The molecule has 16 heavy (non-hydrogen) atoms. The number of nitrogens with zero attached hydrogens (tertiary/aromatic N) is 3. The number of rotatable bonds is 5. The first-order valence-corrected chi connectivity index (χ1v) is 5.98. The number of carbonyl (C=O) groups is 1. The Morgan fingerprint density at radius 1 is 1.62 bits per heavy atom. The van der Waals surface area contributed by atoms with Crippen LogP contribution in [0.1, 0.15) is 32.0 Å². The highest BCUT2D eigenvalue weighted by Gasteiger charge is 2.29. The SMILES string of the molecule is CCCc1nccn1CC(=O)N(C)C1CC1. The van der Waals surface area contributed by atoms with E-state index >= 15 is 0 Å². The Kier molecular flexibility index (Phi) is 3.27. The minimum Gasteiger partial charge on any atom is -0.341 e.